The second kappa shape index (κ2) is 7.11. The number of carbonyl (C=O) groups excluding carboxylic acids is 1. The summed E-state index contributed by atoms with van der Waals surface area (Å²) >= 11 is 0. The Labute approximate surface area is 131 Å². The van der Waals surface area contributed by atoms with Crippen molar-refractivity contribution in [3.63, 3.8) is 0 Å². The Morgan fingerprint density at radius 3 is 2.86 bits per heavy atom. The van der Waals surface area contributed by atoms with E-state index in [1.54, 1.807) is 7.11 Å². The molecule has 0 saturated carbocycles. The number of ether oxygens (including phenoxy) is 2. The molecule has 5 heteroatoms. The van der Waals surface area contributed by atoms with Gasteiger partial charge in [-0.2, -0.15) is 0 Å². The standard InChI is InChI=1S/C17H24N2O3/c1-21-10-5-17(20)19-8-6-18(7-9-19)13-14-2-3-16-15(12-14)4-11-22-16/h2-3,12H,4-11,13H2,1H3. The topological polar surface area (TPSA) is 42.0 Å². The summed E-state index contributed by atoms with van der Waals surface area (Å²) < 4.78 is 10.5. The average molecular weight is 304 g/mol. The first-order valence-electron chi connectivity index (χ1n) is 8.00. The van der Waals surface area contributed by atoms with Crippen molar-refractivity contribution in [2.75, 3.05) is 46.5 Å². The molecule has 0 aliphatic carbocycles. The van der Waals surface area contributed by atoms with Gasteiger partial charge in [-0.1, -0.05) is 12.1 Å². The van der Waals surface area contributed by atoms with Gasteiger partial charge in [-0.05, 0) is 17.2 Å². The van der Waals surface area contributed by atoms with Crippen LogP contribution in [0.15, 0.2) is 18.2 Å². The molecule has 120 valence electrons. The zero-order valence-electron chi connectivity index (χ0n) is 13.2. The zero-order valence-corrected chi connectivity index (χ0v) is 13.2. The number of benzene rings is 1. The molecule has 1 aromatic rings. The van der Waals surface area contributed by atoms with E-state index in [9.17, 15) is 4.79 Å². The largest absolute Gasteiger partial charge is 0.493 e. The first-order chi connectivity index (χ1) is 10.8. The van der Waals surface area contributed by atoms with Crippen molar-refractivity contribution in [2.24, 2.45) is 0 Å². The van der Waals surface area contributed by atoms with Gasteiger partial charge >= 0.3 is 0 Å². The minimum atomic E-state index is 0.205. The highest BCUT2D eigenvalue weighted by molar-refractivity contribution is 5.76. The average Bonchev–Trinajstić information content (AvgIpc) is 3.01. The van der Waals surface area contributed by atoms with Crippen molar-refractivity contribution in [3.05, 3.63) is 29.3 Å². The molecule has 3 rings (SSSR count). The van der Waals surface area contributed by atoms with Crippen LogP contribution in [0, 0.1) is 0 Å². The van der Waals surface area contributed by atoms with Crippen LogP contribution in [0.5, 0.6) is 5.75 Å². The van der Waals surface area contributed by atoms with Gasteiger partial charge in [-0.3, -0.25) is 9.69 Å². The summed E-state index contributed by atoms with van der Waals surface area (Å²) in [6, 6.07) is 6.50. The van der Waals surface area contributed by atoms with Gasteiger partial charge < -0.3 is 14.4 Å². The van der Waals surface area contributed by atoms with Crippen molar-refractivity contribution >= 4 is 5.91 Å². The van der Waals surface area contributed by atoms with E-state index in [0.717, 1.165) is 51.5 Å². The summed E-state index contributed by atoms with van der Waals surface area (Å²) in [5, 5.41) is 0. The quantitative estimate of drug-likeness (QED) is 0.822. The predicted octanol–water partition coefficient (Wildman–Crippen LogP) is 1.30. The molecule has 22 heavy (non-hydrogen) atoms. The molecule has 0 bridgehead atoms. The summed E-state index contributed by atoms with van der Waals surface area (Å²) in [5.74, 6) is 1.24. The molecule has 1 amide bonds. The summed E-state index contributed by atoms with van der Waals surface area (Å²) in [6.07, 6.45) is 1.51. The molecule has 0 unspecified atom stereocenters. The predicted molar refractivity (Wildman–Crippen MR) is 84.0 cm³/mol. The number of rotatable bonds is 5. The van der Waals surface area contributed by atoms with Gasteiger partial charge in [0.2, 0.25) is 5.91 Å². The number of hydrogen-bond donors (Lipinski definition) is 0. The SMILES string of the molecule is COCCC(=O)N1CCN(Cc2ccc3c(c2)CCO3)CC1. The highest BCUT2D eigenvalue weighted by atomic mass is 16.5. The Morgan fingerprint density at radius 1 is 1.27 bits per heavy atom. The number of fused-ring (bicyclic) bond motifs is 1. The number of amides is 1. The summed E-state index contributed by atoms with van der Waals surface area (Å²) in [7, 11) is 1.63. The second-order valence-corrected chi connectivity index (χ2v) is 5.94. The molecule has 2 heterocycles. The van der Waals surface area contributed by atoms with Crippen LogP contribution >= 0.6 is 0 Å². The zero-order chi connectivity index (χ0) is 15.4. The van der Waals surface area contributed by atoms with Crippen LogP contribution < -0.4 is 4.74 Å². The summed E-state index contributed by atoms with van der Waals surface area (Å²) in [6.45, 7) is 5.77. The fraction of sp³-hybridized carbons (Fsp3) is 0.588. The van der Waals surface area contributed by atoms with Crippen molar-refractivity contribution in [3.8, 4) is 5.75 Å². The van der Waals surface area contributed by atoms with E-state index in [4.69, 9.17) is 9.47 Å². The lowest BCUT2D eigenvalue weighted by molar-refractivity contribution is -0.133. The van der Waals surface area contributed by atoms with Crippen molar-refractivity contribution in [1.82, 2.24) is 9.80 Å². The van der Waals surface area contributed by atoms with Gasteiger partial charge in [0.25, 0.3) is 0 Å². The van der Waals surface area contributed by atoms with E-state index in [1.807, 2.05) is 4.90 Å². The fourth-order valence-electron chi connectivity index (χ4n) is 3.10. The van der Waals surface area contributed by atoms with Gasteiger partial charge in [-0.15, -0.1) is 0 Å². The van der Waals surface area contributed by atoms with Gasteiger partial charge in [0.15, 0.2) is 0 Å². The molecular weight excluding hydrogens is 280 g/mol. The third-order valence-electron chi connectivity index (χ3n) is 4.41. The molecule has 2 aliphatic rings. The maximum absolute atomic E-state index is 12.0. The smallest absolute Gasteiger partial charge is 0.224 e. The number of nitrogens with zero attached hydrogens (tertiary/aromatic N) is 2. The van der Waals surface area contributed by atoms with Crippen LogP contribution in [0.2, 0.25) is 0 Å². The maximum atomic E-state index is 12.0. The van der Waals surface area contributed by atoms with Crippen molar-refractivity contribution in [1.29, 1.82) is 0 Å². The van der Waals surface area contributed by atoms with Crippen LogP contribution in [0.1, 0.15) is 17.5 Å². The third kappa shape index (κ3) is 3.59. The molecule has 5 nitrogen and oxygen atoms in total. The fourth-order valence-corrected chi connectivity index (χ4v) is 3.10. The molecule has 0 radical (unpaired) electrons. The minimum Gasteiger partial charge on any atom is -0.493 e. The molecule has 0 atom stereocenters. The van der Waals surface area contributed by atoms with E-state index < -0.39 is 0 Å². The number of methoxy groups -OCH3 is 1. The Kier molecular flexibility index (Phi) is 4.95. The van der Waals surface area contributed by atoms with Crippen LogP contribution in [0.25, 0.3) is 0 Å². The van der Waals surface area contributed by atoms with Gasteiger partial charge in [-0.25, -0.2) is 0 Å². The number of piperazine rings is 1. The van der Waals surface area contributed by atoms with E-state index in [2.05, 4.69) is 23.1 Å². The minimum absolute atomic E-state index is 0.205. The lowest BCUT2D eigenvalue weighted by atomic mass is 10.1. The van der Waals surface area contributed by atoms with Crippen LogP contribution in [-0.2, 0) is 22.5 Å². The van der Waals surface area contributed by atoms with Gasteiger partial charge in [0.05, 0.1) is 19.6 Å². The highest BCUT2D eigenvalue weighted by Crippen LogP contribution is 2.26. The first-order valence-corrected chi connectivity index (χ1v) is 8.00. The van der Waals surface area contributed by atoms with Crippen LogP contribution in [0.3, 0.4) is 0 Å². The molecule has 1 fully saturated rings. The Bertz CT molecular complexity index is 525. The van der Waals surface area contributed by atoms with E-state index in [1.165, 1.54) is 11.1 Å². The Morgan fingerprint density at radius 2 is 2.09 bits per heavy atom. The third-order valence-corrected chi connectivity index (χ3v) is 4.41. The monoisotopic (exact) mass is 304 g/mol. The molecule has 0 N–H and O–H groups in total. The highest BCUT2D eigenvalue weighted by Gasteiger charge is 2.21. The molecule has 0 aromatic heterocycles. The van der Waals surface area contributed by atoms with Crippen LogP contribution in [0.4, 0.5) is 0 Å². The molecule has 2 aliphatic heterocycles. The lowest BCUT2D eigenvalue weighted by Crippen LogP contribution is -2.48. The Hall–Kier alpha value is -1.59. The molecule has 1 saturated heterocycles. The normalized spacial score (nSPS) is 18.1. The van der Waals surface area contributed by atoms with E-state index in [0.29, 0.717) is 13.0 Å². The lowest BCUT2D eigenvalue weighted by Gasteiger charge is -2.34. The first kappa shape index (κ1) is 15.3. The van der Waals surface area contributed by atoms with E-state index in [-0.39, 0.29) is 5.91 Å². The number of hydrogen-bond acceptors (Lipinski definition) is 4. The summed E-state index contributed by atoms with van der Waals surface area (Å²) in [5.41, 5.74) is 2.66. The molecule has 1 aromatic carbocycles. The van der Waals surface area contributed by atoms with Gasteiger partial charge in [0.1, 0.15) is 5.75 Å². The number of carbonyl (C=O) groups is 1. The Balaban J connectivity index is 1.49. The molecular formula is C17H24N2O3. The maximum Gasteiger partial charge on any atom is 0.224 e. The second-order valence-electron chi connectivity index (χ2n) is 5.94. The van der Waals surface area contributed by atoms with Crippen LogP contribution in [-0.4, -0.2) is 62.2 Å². The molecule has 0 spiro atoms. The summed E-state index contributed by atoms with van der Waals surface area (Å²) in [4.78, 5) is 16.3. The van der Waals surface area contributed by atoms with Crippen molar-refractivity contribution in [2.45, 2.75) is 19.4 Å². The van der Waals surface area contributed by atoms with Gasteiger partial charge in [0, 0.05) is 46.3 Å². The van der Waals surface area contributed by atoms with E-state index >= 15 is 0 Å². The van der Waals surface area contributed by atoms with Crippen molar-refractivity contribution < 1.29 is 14.3 Å².